The van der Waals surface area contributed by atoms with Crippen LogP contribution in [0.25, 0.3) is 22.6 Å². The van der Waals surface area contributed by atoms with Gasteiger partial charge in [0.1, 0.15) is 17.1 Å². The predicted octanol–water partition coefficient (Wildman–Crippen LogP) is 2.54. The largest absolute Gasteiger partial charge is 0.381 e. The first-order valence-corrected chi connectivity index (χ1v) is 9.53. The third kappa shape index (κ3) is 4.17. The maximum Gasteiger partial charge on any atom is 0.266 e. The Kier molecular flexibility index (Phi) is 5.47. The van der Waals surface area contributed by atoms with E-state index in [1.165, 1.54) is 10.7 Å². The lowest BCUT2D eigenvalue weighted by Gasteiger charge is -2.14. The quantitative estimate of drug-likeness (QED) is 0.512. The number of aryl methyl sites for hydroxylation is 1. The second-order valence-corrected chi connectivity index (χ2v) is 6.70. The van der Waals surface area contributed by atoms with E-state index in [1.54, 1.807) is 19.3 Å². The molecule has 30 heavy (non-hydrogen) atoms. The Bertz CT molecular complexity index is 1210. The van der Waals surface area contributed by atoms with Crippen LogP contribution < -0.4 is 16.6 Å². The monoisotopic (exact) mass is 399 g/mol. The molecule has 0 saturated heterocycles. The molecule has 3 aromatic heterocycles. The van der Waals surface area contributed by atoms with E-state index in [-0.39, 0.29) is 5.56 Å². The normalized spacial score (nSPS) is 10.7. The number of anilines is 2. The lowest BCUT2D eigenvalue weighted by Crippen LogP contribution is -2.19. The van der Waals surface area contributed by atoms with Crippen molar-refractivity contribution in [3.63, 3.8) is 0 Å². The fraction of sp³-hybridized carbons (Fsp3) is 0.136. The number of nitrogens with two attached hydrogens (primary N) is 1. The van der Waals surface area contributed by atoms with E-state index in [0.717, 1.165) is 17.7 Å². The summed E-state index contributed by atoms with van der Waals surface area (Å²) in [4.78, 5) is 25.4. The van der Waals surface area contributed by atoms with E-state index in [4.69, 9.17) is 10.7 Å². The van der Waals surface area contributed by atoms with Crippen LogP contribution in [-0.2, 0) is 13.5 Å². The van der Waals surface area contributed by atoms with Gasteiger partial charge in [-0.05, 0) is 18.2 Å². The molecule has 0 amide bonds. The second kappa shape index (κ2) is 8.52. The molecule has 4 rings (SSSR count). The Labute approximate surface area is 173 Å². The summed E-state index contributed by atoms with van der Waals surface area (Å²) in [6, 6.07) is 18.5. The van der Waals surface area contributed by atoms with Crippen LogP contribution in [-0.4, -0.2) is 31.3 Å². The summed E-state index contributed by atoms with van der Waals surface area (Å²) in [7, 11) is 1.60. The van der Waals surface area contributed by atoms with Crippen molar-refractivity contribution in [2.24, 2.45) is 7.05 Å². The third-order valence-electron chi connectivity index (χ3n) is 4.57. The van der Waals surface area contributed by atoms with Crippen LogP contribution in [0.1, 0.15) is 5.69 Å². The first-order chi connectivity index (χ1) is 14.6. The zero-order chi connectivity index (χ0) is 20.9. The molecular weight excluding hydrogens is 378 g/mol. The summed E-state index contributed by atoms with van der Waals surface area (Å²) in [5.41, 5.74) is 9.54. The second-order valence-electron chi connectivity index (χ2n) is 6.70. The van der Waals surface area contributed by atoms with Gasteiger partial charge in [-0.1, -0.05) is 36.4 Å². The molecule has 4 aromatic rings. The summed E-state index contributed by atoms with van der Waals surface area (Å²) in [5, 5.41) is 7.59. The molecule has 8 heteroatoms. The molecule has 3 N–H and O–H groups in total. The van der Waals surface area contributed by atoms with Crippen molar-refractivity contribution >= 4 is 11.6 Å². The highest BCUT2D eigenvalue weighted by atomic mass is 16.1. The Morgan fingerprint density at radius 3 is 2.50 bits per heavy atom. The number of pyridine rings is 1. The minimum Gasteiger partial charge on any atom is -0.381 e. The summed E-state index contributed by atoms with van der Waals surface area (Å²) >= 11 is 0. The highest BCUT2D eigenvalue weighted by molar-refractivity contribution is 5.79. The third-order valence-corrected chi connectivity index (χ3v) is 4.57. The number of nitrogens with one attached hydrogen (secondary N) is 1. The van der Waals surface area contributed by atoms with Gasteiger partial charge in [0, 0.05) is 43.5 Å². The van der Waals surface area contributed by atoms with Gasteiger partial charge in [-0.3, -0.25) is 9.78 Å². The number of rotatable bonds is 6. The first kappa shape index (κ1) is 19.3. The van der Waals surface area contributed by atoms with Gasteiger partial charge in [-0.25, -0.2) is 14.6 Å². The molecule has 8 nitrogen and oxygen atoms in total. The Morgan fingerprint density at radius 2 is 1.77 bits per heavy atom. The van der Waals surface area contributed by atoms with Crippen LogP contribution in [0.4, 0.5) is 11.6 Å². The van der Waals surface area contributed by atoms with Gasteiger partial charge >= 0.3 is 0 Å². The molecule has 0 bridgehead atoms. The zero-order valence-electron chi connectivity index (χ0n) is 16.5. The molecule has 3 heterocycles. The summed E-state index contributed by atoms with van der Waals surface area (Å²) < 4.78 is 1.27. The van der Waals surface area contributed by atoms with Gasteiger partial charge in [0.15, 0.2) is 11.6 Å². The molecule has 0 atom stereocenters. The summed E-state index contributed by atoms with van der Waals surface area (Å²) in [6.07, 6.45) is 2.48. The van der Waals surface area contributed by atoms with E-state index in [0.29, 0.717) is 35.3 Å². The summed E-state index contributed by atoms with van der Waals surface area (Å²) in [5.74, 6) is 0.764. The van der Waals surface area contributed by atoms with Crippen molar-refractivity contribution in [2.45, 2.75) is 6.42 Å². The smallest absolute Gasteiger partial charge is 0.266 e. The highest BCUT2D eigenvalue weighted by Crippen LogP contribution is 2.30. The zero-order valence-corrected chi connectivity index (χ0v) is 16.5. The van der Waals surface area contributed by atoms with Gasteiger partial charge in [0.2, 0.25) is 0 Å². The van der Waals surface area contributed by atoms with Gasteiger partial charge in [-0.15, -0.1) is 0 Å². The van der Waals surface area contributed by atoms with E-state index in [1.807, 2.05) is 48.5 Å². The SMILES string of the molecule is Cn1nc(-c2nc(NCCc3ccccn3)c(N)nc2-c2ccccc2)ccc1=O. The van der Waals surface area contributed by atoms with Crippen molar-refractivity contribution in [2.75, 3.05) is 17.6 Å². The molecule has 0 radical (unpaired) electrons. The van der Waals surface area contributed by atoms with E-state index < -0.39 is 0 Å². The maximum absolute atomic E-state index is 11.8. The number of hydrogen-bond acceptors (Lipinski definition) is 7. The summed E-state index contributed by atoms with van der Waals surface area (Å²) in [6.45, 7) is 0.598. The number of nitrogen functional groups attached to an aromatic ring is 1. The Hall–Kier alpha value is -4.07. The lowest BCUT2D eigenvalue weighted by molar-refractivity contribution is 0.711. The number of hydrogen-bond donors (Lipinski definition) is 2. The number of aromatic nitrogens is 5. The molecule has 0 aliphatic heterocycles. The van der Waals surface area contributed by atoms with Gasteiger partial charge in [-0.2, -0.15) is 5.10 Å². The molecule has 0 spiro atoms. The predicted molar refractivity (Wildman–Crippen MR) is 117 cm³/mol. The topological polar surface area (TPSA) is 112 Å². The highest BCUT2D eigenvalue weighted by Gasteiger charge is 2.17. The molecule has 0 fully saturated rings. The van der Waals surface area contributed by atoms with Gasteiger partial charge in [0.25, 0.3) is 5.56 Å². The molecule has 1 aromatic carbocycles. The van der Waals surface area contributed by atoms with Crippen LogP contribution in [0, 0.1) is 0 Å². The van der Waals surface area contributed by atoms with Crippen molar-refractivity contribution in [1.29, 1.82) is 0 Å². The van der Waals surface area contributed by atoms with Crippen LogP contribution in [0.2, 0.25) is 0 Å². The minimum absolute atomic E-state index is 0.197. The van der Waals surface area contributed by atoms with Crippen LogP contribution in [0.15, 0.2) is 71.7 Å². The molecule has 150 valence electrons. The number of benzene rings is 1. The molecule has 0 aliphatic carbocycles. The van der Waals surface area contributed by atoms with Crippen molar-refractivity contribution < 1.29 is 0 Å². The average molecular weight is 399 g/mol. The Balaban J connectivity index is 1.72. The fourth-order valence-electron chi connectivity index (χ4n) is 3.04. The Morgan fingerprint density at radius 1 is 0.967 bits per heavy atom. The van der Waals surface area contributed by atoms with E-state index in [2.05, 4.69) is 20.4 Å². The average Bonchev–Trinajstić information content (AvgIpc) is 2.78. The van der Waals surface area contributed by atoms with Gasteiger partial charge in [0.05, 0.1) is 0 Å². The van der Waals surface area contributed by atoms with E-state index in [9.17, 15) is 4.79 Å². The first-order valence-electron chi connectivity index (χ1n) is 9.53. The fourth-order valence-corrected chi connectivity index (χ4v) is 3.04. The number of nitrogens with zero attached hydrogens (tertiary/aromatic N) is 5. The van der Waals surface area contributed by atoms with Gasteiger partial charge < -0.3 is 11.1 Å². The maximum atomic E-state index is 11.8. The van der Waals surface area contributed by atoms with Crippen LogP contribution in [0.3, 0.4) is 0 Å². The van der Waals surface area contributed by atoms with Crippen LogP contribution >= 0.6 is 0 Å². The molecule has 0 saturated carbocycles. The molecule has 0 aliphatic rings. The lowest BCUT2D eigenvalue weighted by atomic mass is 10.1. The minimum atomic E-state index is -0.197. The molecule has 0 unspecified atom stereocenters. The van der Waals surface area contributed by atoms with Crippen LogP contribution in [0.5, 0.6) is 0 Å². The molecular formula is C22H21N7O. The van der Waals surface area contributed by atoms with Crippen molar-refractivity contribution in [3.8, 4) is 22.6 Å². The van der Waals surface area contributed by atoms with Crippen molar-refractivity contribution in [1.82, 2.24) is 24.7 Å². The standard InChI is InChI=1S/C22H21N7O/c1-29-18(30)11-10-17(28-29)20-19(15-7-3-2-4-8-15)26-21(23)22(27-20)25-14-12-16-9-5-6-13-24-16/h2-11,13H,12,14H2,1H3,(H2,23,26)(H,25,27). The van der Waals surface area contributed by atoms with Crippen molar-refractivity contribution in [3.05, 3.63) is 82.9 Å². The van der Waals surface area contributed by atoms with E-state index >= 15 is 0 Å².